The third-order valence-electron chi connectivity index (χ3n) is 6.49. The van der Waals surface area contributed by atoms with E-state index >= 15 is 0 Å². The Morgan fingerprint density at radius 2 is 2.28 bits per heavy atom. The van der Waals surface area contributed by atoms with Gasteiger partial charge in [-0.25, -0.2) is 0 Å². The normalized spacial score (nSPS) is 28.9. The summed E-state index contributed by atoms with van der Waals surface area (Å²) in [4.78, 5) is 15.2. The number of H-pyrrole nitrogens is 1. The van der Waals surface area contributed by atoms with Gasteiger partial charge in [0.15, 0.2) is 0 Å². The molecule has 29 heavy (non-hydrogen) atoms. The molecule has 7 nitrogen and oxygen atoms in total. The maximum atomic E-state index is 12.9. The smallest absolute Gasteiger partial charge is 0.311 e. The summed E-state index contributed by atoms with van der Waals surface area (Å²) in [6.45, 7) is 10.2. The van der Waals surface area contributed by atoms with Crippen molar-refractivity contribution in [3.8, 4) is 0 Å². The van der Waals surface area contributed by atoms with Gasteiger partial charge >= 0.3 is 5.97 Å². The minimum absolute atomic E-state index is 0.102. The Morgan fingerprint density at radius 1 is 1.48 bits per heavy atom. The Hall–Kier alpha value is -1.44. The third-order valence-corrected chi connectivity index (χ3v) is 6.49. The summed E-state index contributed by atoms with van der Waals surface area (Å²) in [5.74, 6) is -0.0889. The van der Waals surface area contributed by atoms with Crippen molar-refractivity contribution in [2.75, 3.05) is 40.4 Å². The van der Waals surface area contributed by atoms with Crippen LogP contribution < -0.4 is 5.32 Å². The van der Waals surface area contributed by atoms with Crippen LogP contribution >= 0.6 is 0 Å². The van der Waals surface area contributed by atoms with E-state index in [0.717, 1.165) is 51.0 Å². The van der Waals surface area contributed by atoms with Crippen molar-refractivity contribution in [2.24, 2.45) is 11.3 Å². The van der Waals surface area contributed by atoms with Crippen LogP contribution in [0.3, 0.4) is 0 Å². The highest BCUT2D eigenvalue weighted by molar-refractivity contribution is 5.74. The minimum Gasteiger partial charge on any atom is -0.466 e. The molecule has 0 radical (unpaired) electrons. The quantitative estimate of drug-likeness (QED) is 0.646. The number of likely N-dealkylation sites (N-methyl/N-ethyl adjacent to an activating group) is 2. The molecule has 1 saturated carbocycles. The van der Waals surface area contributed by atoms with Gasteiger partial charge in [0.1, 0.15) is 0 Å². The lowest BCUT2D eigenvalue weighted by Crippen LogP contribution is -2.47. The van der Waals surface area contributed by atoms with Gasteiger partial charge in [0, 0.05) is 37.3 Å². The van der Waals surface area contributed by atoms with Crippen LogP contribution in [0.1, 0.15) is 63.6 Å². The first-order valence-electron chi connectivity index (χ1n) is 11.0. The van der Waals surface area contributed by atoms with E-state index in [4.69, 9.17) is 9.47 Å². The molecule has 1 aromatic rings. The average Bonchev–Trinajstić information content (AvgIpc) is 3.25. The number of hydrogen-bond acceptors (Lipinski definition) is 6. The summed E-state index contributed by atoms with van der Waals surface area (Å²) in [5, 5.41) is 10.8. The van der Waals surface area contributed by atoms with Crippen molar-refractivity contribution in [1.82, 2.24) is 20.4 Å². The van der Waals surface area contributed by atoms with Crippen LogP contribution in [0.4, 0.5) is 0 Å². The Bertz CT molecular complexity index is 689. The fourth-order valence-corrected chi connectivity index (χ4v) is 5.13. The van der Waals surface area contributed by atoms with E-state index in [-0.39, 0.29) is 28.8 Å². The highest BCUT2D eigenvalue weighted by atomic mass is 16.5. The van der Waals surface area contributed by atoms with Gasteiger partial charge in [-0.05, 0) is 52.1 Å². The highest BCUT2D eigenvalue weighted by Crippen LogP contribution is 2.53. The predicted molar refractivity (Wildman–Crippen MR) is 113 cm³/mol. The van der Waals surface area contributed by atoms with E-state index in [9.17, 15) is 4.79 Å². The molecule has 2 heterocycles. The number of nitrogens with one attached hydrogen (secondary N) is 2. The van der Waals surface area contributed by atoms with E-state index < -0.39 is 0 Å². The first kappa shape index (κ1) is 22.2. The zero-order valence-corrected chi connectivity index (χ0v) is 18.7. The number of nitrogens with zero attached hydrogens (tertiary/aromatic N) is 2. The zero-order chi connectivity index (χ0) is 21.1. The van der Waals surface area contributed by atoms with Crippen LogP contribution in [-0.4, -0.2) is 67.1 Å². The molecular weight excluding hydrogens is 368 g/mol. The summed E-state index contributed by atoms with van der Waals surface area (Å²) >= 11 is 0. The van der Waals surface area contributed by atoms with Crippen LogP contribution in [0.25, 0.3) is 0 Å². The van der Waals surface area contributed by atoms with Crippen molar-refractivity contribution in [3.63, 3.8) is 0 Å². The molecule has 2 aliphatic rings. The van der Waals surface area contributed by atoms with Gasteiger partial charge in [-0.2, -0.15) is 5.10 Å². The monoisotopic (exact) mass is 406 g/mol. The molecule has 0 aromatic carbocycles. The van der Waals surface area contributed by atoms with E-state index in [2.05, 4.69) is 41.3 Å². The fourth-order valence-electron chi connectivity index (χ4n) is 5.13. The van der Waals surface area contributed by atoms with Gasteiger partial charge in [-0.3, -0.25) is 9.89 Å². The number of ether oxygens (including phenoxy) is 2. The van der Waals surface area contributed by atoms with Crippen molar-refractivity contribution in [3.05, 3.63) is 17.5 Å². The van der Waals surface area contributed by atoms with Gasteiger partial charge in [-0.1, -0.05) is 13.8 Å². The van der Waals surface area contributed by atoms with E-state index in [0.29, 0.717) is 13.2 Å². The first-order chi connectivity index (χ1) is 13.8. The molecule has 1 saturated heterocycles. The molecule has 1 spiro atoms. The molecule has 0 amide bonds. The summed E-state index contributed by atoms with van der Waals surface area (Å²) in [5.41, 5.74) is 2.04. The van der Waals surface area contributed by atoms with Crippen molar-refractivity contribution in [1.29, 1.82) is 0 Å². The molecule has 3 rings (SSSR count). The summed E-state index contributed by atoms with van der Waals surface area (Å²) in [7, 11) is 4.09. The minimum atomic E-state index is -0.383. The number of carbonyl (C=O) groups excluding carboxylic acids is 1. The number of esters is 1. The molecule has 1 unspecified atom stereocenters. The largest absolute Gasteiger partial charge is 0.466 e. The Labute approximate surface area is 174 Å². The van der Waals surface area contributed by atoms with Crippen LogP contribution in [0.5, 0.6) is 0 Å². The molecule has 1 aliphatic heterocycles. The van der Waals surface area contributed by atoms with Crippen LogP contribution in [0.15, 0.2) is 6.20 Å². The molecule has 7 heteroatoms. The molecule has 0 bridgehead atoms. The molecule has 1 aromatic heterocycles. The SMILES string of the molecule is CCOC(=O)C1C[C@H](c2n[nH]cc2CN(C)CCNC)CC[C@@]12CC(C)(C)CO2. The standard InChI is InChI=1S/C22H38N4O3/c1-6-28-20(27)18-11-16(7-8-22(18)14-21(2,3)15-29-22)19-17(12-24-25-19)13-26(5)10-9-23-4/h12,16,18,23H,6-11,13-15H2,1-5H3,(H,24,25)/t16-,18?,22-/m1/s1. The van der Waals surface area contributed by atoms with Gasteiger partial charge in [-0.15, -0.1) is 0 Å². The summed E-state index contributed by atoms with van der Waals surface area (Å²) < 4.78 is 11.8. The van der Waals surface area contributed by atoms with E-state index in [1.807, 2.05) is 20.2 Å². The Balaban J connectivity index is 1.77. The lowest BCUT2D eigenvalue weighted by Gasteiger charge is -2.42. The lowest BCUT2D eigenvalue weighted by atomic mass is 9.66. The maximum Gasteiger partial charge on any atom is 0.311 e. The average molecular weight is 407 g/mol. The molecule has 3 atom stereocenters. The highest BCUT2D eigenvalue weighted by Gasteiger charge is 2.55. The molecule has 2 fully saturated rings. The summed E-state index contributed by atoms with van der Waals surface area (Å²) in [6, 6.07) is 0. The van der Waals surface area contributed by atoms with E-state index in [1.54, 1.807) is 0 Å². The molecule has 2 N–H and O–H groups in total. The topological polar surface area (TPSA) is 79.5 Å². The van der Waals surface area contributed by atoms with Crippen molar-refractivity contribution in [2.45, 2.75) is 64.5 Å². The van der Waals surface area contributed by atoms with Gasteiger partial charge in [0.05, 0.1) is 30.4 Å². The number of rotatable bonds is 8. The maximum absolute atomic E-state index is 12.9. The molecule has 164 valence electrons. The van der Waals surface area contributed by atoms with Crippen molar-refractivity contribution < 1.29 is 14.3 Å². The second-order valence-corrected chi connectivity index (χ2v) is 9.61. The van der Waals surface area contributed by atoms with Gasteiger partial charge < -0.3 is 19.7 Å². The number of aromatic nitrogens is 2. The predicted octanol–water partition coefficient (Wildman–Crippen LogP) is 2.69. The van der Waals surface area contributed by atoms with Gasteiger partial charge in [0.25, 0.3) is 0 Å². The van der Waals surface area contributed by atoms with Crippen LogP contribution in [-0.2, 0) is 20.8 Å². The third kappa shape index (κ3) is 5.01. The van der Waals surface area contributed by atoms with Crippen LogP contribution in [0, 0.1) is 11.3 Å². The summed E-state index contributed by atoms with van der Waals surface area (Å²) in [6.07, 6.45) is 5.53. The second-order valence-electron chi connectivity index (χ2n) is 9.61. The molecule has 1 aliphatic carbocycles. The van der Waals surface area contributed by atoms with E-state index in [1.165, 1.54) is 5.56 Å². The Kier molecular flexibility index (Phi) is 7.02. The number of aromatic amines is 1. The van der Waals surface area contributed by atoms with Gasteiger partial charge in [0.2, 0.25) is 0 Å². The molecular formula is C22H38N4O3. The first-order valence-corrected chi connectivity index (χ1v) is 11.0. The number of carbonyl (C=O) groups is 1. The van der Waals surface area contributed by atoms with Crippen LogP contribution in [0.2, 0.25) is 0 Å². The number of hydrogen-bond donors (Lipinski definition) is 2. The van der Waals surface area contributed by atoms with Crippen molar-refractivity contribution >= 4 is 5.97 Å². The fraction of sp³-hybridized carbons (Fsp3) is 0.818. The second kappa shape index (κ2) is 9.14. The lowest BCUT2D eigenvalue weighted by molar-refractivity contribution is -0.164. The zero-order valence-electron chi connectivity index (χ0n) is 18.7. The Morgan fingerprint density at radius 3 is 2.93 bits per heavy atom.